The molecule has 0 saturated heterocycles. The quantitative estimate of drug-likeness (QED) is 0.601. The Labute approximate surface area is 61.2 Å². The van der Waals surface area contributed by atoms with Crippen molar-refractivity contribution in [3.05, 3.63) is 12.0 Å². The van der Waals surface area contributed by atoms with E-state index in [-0.39, 0.29) is 5.03 Å². The van der Waals surface area contributed by atoms with Crippen LogP contribution in [0.2, 0.25) is 0 Å². The lowest BCUT2D eigenvalue weighted by molar-refractivity contribution is 0.561. The van der Waals surface area contributed by atoms with Crippen molar-refractivity contribution < 1.29 is 8.76 Å². The number of hydrogen-bond donors (Lipinski definition) is 1. The molecule has 0 saturated carbocycles. The van der Waals surface area contributed by atoms with E-state index in [1.165, 1.54) is 6.20 Å². The van der Waals surface area contributed by atoms with Crippen molar-refractivity contribution in [2.24, 2.45) is 7.05 Å². The predicted molar refractivity (Wildman–Crippen MR) is 37.0 cm³/mol. The van der Waals surface area contributed by atoms with Crippen molar-refractivity contribution in [1.29, 1.82) is 0 Å². The van der Waals surface area contributed by atoms with Crippen molar-refractivity contribution >= 4 is 11.1 Å². The molecule has 1 unspecified atom stereocenters. The minimum atomic E-state index is -1.95. The molecule has 1 N–H and O–H groups in total. The maximum atomic E-state index is 10.4. The fourth-order valence-corrected chi connectivity index (χ4v) is 1.07. The maximum absolute atomic E-state index is 10.4. The van der Waals surface area contributed by atoms with Crippen LogP contribution in [-0.4, -0.2) is 18.3 Å². The molecule has 4 nitrogen and oxygen atoms in total. The molecule has 0 bridgehead atoms. The van der Waals surface area contributed by atoms with Gasteiger partial charge in [-0.25, -0.2) is 9.19 Å². The van der Waals surface area contributed by atoms with Crippen molar-refractivity contribution in [2.45, 2.75) is 11.9 Å². The summed E-state index contributed by atoms with van der Waals surface area (Å²) in [5.41, 5.74) is 0. The van der Waals surface area contributed by atoms with Crippen LogP contribution in [0.4, 0.5) is 0 Å². The average molecular weight is 160 g/mol. The average Bonchev–Trinajstić information content (AvgIpc) is 2.13. The van der Waals surface area contributed by atoms with Gasteiger partial charge >= 0.3 is 0 Å². The monoisotopic (exact) mass is 160 g/mol. The van der Waals surface area contributed by atoms with Gasteiger partial charge in [0.1, 0.15) is 5.82 Å². The molecule has 1 atom stereocenters. The molecule has 1 aromatic heterocycles. The minimum absolute atomic E-state index is 0.208. The van der Waals surface area contributed by atoms with Gasteiger partial charge in [-0.05, 0) is 6.92 Å². The lowest BCUT2D eigenvalue weighted by atomic mass is 10.7. The molecule has 0 radical (unpaired) electrons. The van der Waals surface area contributed by atoms with Gasteiger partial charge < -0.3 is 9.12 Å². The zero-order valence-corrected chi connectivity index (χ0v) is 6.55. The van der Waals surface area contributed by atoms with E-state index in [1.807, 2.05) is 0 Å². The van der Waals surface area contributed by atoms with E-state index in [2.05, 4.69) is 4.98 Å². The van der Waals surface area contributed by atoms with Crippen molar-refractivity contribution in [1.82, 2.24) is 9.55 Å². The number of imidazole rings is 1. The first kappa shape index (κ1) is 7.43. The third kappa shape index (κ3) is 1.25. The smallest absolute Gasteiger partial charge is 0.207 e. The van der Waals surface area contributed by atoms with Crippen LogP contribution >= 0.6 is 0 Å². The Morgan fingerprint density at radius 3 is 2.60 bits per heavy atom. The molecule has 0 aromatic carbocycles. The molecule has 0 aliphatic carbocycles. The van der Waals surface area contributed by atoms with Gasteiger partial charge in [0.15, 0.2) is 5.03 Å². The van der Waals surface area contributed by atoms with Crippen LogP contribution in [0.5, 0.6) is 0 Å². The van der Waals surface area contributed by atoms with E-state index in [0.717, 1.165) is 5.82 Å². The van der Waals surface area contributed by atoms with Gasteiger partial charge in [-0.15, -0.1) is 0 Å². The van der Waals surface area contributed by atoms with Crippen LogP contribution in [-0.2, 0) is 18.1 Å². The highest BCUT2D eigenvalue weighted by atomic mass is 32.2. The number of aryl methyl sites for hydroxylation is 2. The van der Waals surface area contributed by atoms with Crippen molar-refractivity contribution in [3.8, 4) is 0 Å². The Bertz CT molecular complexity index is 249. The van der Waals surface area contributed by atoms with Gasteiger partial charge in [-0.2, -0.15) is 0 Å². The van der Waals surface area contributed by atoms with Crippen molar-refractivity contribution in [3.63, 3.8) is 0 Å². The van der Waals surface area contributed by atoms with Gasteiger partial charge in [-0.1, -0.05) is 0 Å². The first-order valence-corrected chi connectivity index (χ1v) is 3.83. The zero-order valence-electron chi connectivity index (χ0n) is 5.74. The summed E-state index contributed by atoms with van der Waals surface area (Å²) in [4.78, 5) is 3.82. The summed E-state index contributed by atoms with van der Waals surface area (Å²) in [6.45, 7) is 1.77. The van der Waals surface area contributed by atoms with E-state index in [9.17, 15) is 4.21 Å². The van der Waals surface area contributed by atoms with E-state index in [4.69, 9.17) is 4.55 Å². The lowest BCUT2D eigenvalue weighted by Gasteiger charge is -1.87. The first-order valence-electron chi connectivity index (χ1n) is 2.72. The number of nitrogens with zero attached hydrogens (tertiary/aromatic N) is 2. The summed E-state index contributed by atoms with van der Waals surface area (Å²) < 4.78 is 20.7. The molecule has 1 aromatic rings. The topological polar surface area (TPSA) is 55.1 Å². The van der Waals surface area contributed by atoms with E-state index in [0.29, 0.717) is 0 Å². The Kier molecular flexibility index (Phi) is 1.87. The van der Waals surface area contributed by atoms with Gasteiger partial charge in [-0.3, -0.25) is 0 Å². The standard InChI is InChI=1S/C5H8N2O2S/c1-4-6-5(10(8)9)3-7(4)2/h3H,1-2H3,(H,8,9). The Morgan fingerprint density at radius 2 is 2.40 bits per heavy atom. The second-order valence-electron chi connectivity index (χ2n) is 1.99. The Balaban J connectivity index is 3.10. The largest absolute Gasteiger partial charge is 0.337 e. The summed E-state index contributed by atoms with van der Waals surface area (Å²) in [5, 5.41) is 0.208. The molecule has 1 rings (SSSR count). The van der Waals surface area contributed by atoms with E-state index in [1.54, 1.807) is 18.5 Å². The molecule has 5 heteroatoms. The zero-order chi connectivity index (χ0) is 7.72. The third-order valence-corrected chi connectivity index (χ3v) is 1.82. The Hall–Kier alpha value is -0.680. The van der Waals surface area contributed by atoms with E-state index < -0.39 is 11.1 Å². The first-order chi connectivity index (χ1) is 4.61. The molecule has 0 aliphatic heterocycles. The van der Waals surface area contributed by atoms with Crippen LogP contribution in [0.1, 0.15) is 5.82 Å². The Morgan fingerprint density at radius 1 is 1.80 bits per heavy atom. The highest BCUT2D eigenvalue weighted by molar-refractivity contribution is 7.79. The molecule has 56 valence electrons. The highest BCUT2D eigenvalue weighted by Crippen LogP contribution is 2.02. The van der Waals surface area contributed by atoms with Gasteiger partial charge in [0, 0.05) is 13.2 Å². The van der Waals surface area contributed by atoms with Crippen LogP contribution in [0.3, 0.4) is 0 Å². The van der Waals surface area contributed by atoms with Crippen molar-refractivity contribution in [2.75, 3.05) is 0 Å². The summed E-state index contributed by atoms with van der Waals surface area (Å²) in [5.74, 6) is 0.734. The van der Waals surface area contributed by atoms with Crippen LogP contribution in [0.25, 0.3) is 0 Å². The second kappa shape index (κ2) is 2.51. The molecule has 0 amide bonds. The molecule has 0 spiro atoms. The predicted octanol–water partition coefficient (Wildman–Crippen LogP) is 0.309. The van der Waals surface area contributed by atoms with Gasteiger partial charge in [0.2, 0.25) is 11.1 Å². The van der Waals surface area contributed by atoms with Crippen LogP contribution in [0.15, 0.2) is 11.2 Å². The lowest BCUT2D eigenvalue weighted by Crippen LogP contribution is -1.87. The fourth-order valence-electron chi connectivity index (χ4n) is 0.610. The van der Waals surface area contributed by atoms with Crippen LogP contribution < -0.4 is 0 Å². The number of hydrogen-bond acceptors (Lipinski definition) is 2. The second-order valence-corrected chi connectivity index (χ2v) is 2.90. The molecule has 1 heterocycles. The molecule has 0 aliphatic rings. The van der Waals surface area contributed by atoms with Crippen LogP contribution in [0, 0.1) is 6.92 Å². The van der Waals surface area contributed by atoms with Gasteiger partial charge in [0.25, 0.3) is 0 Å². The van der Waals surface area contributed by atoms with E-state index >= 15 is 0 Å². The normalized spacial score (nSPS) is 13.5. The van der Waals surface area contributed by atoms with Gasteiger partial charge in [0.05, 0.1) is 0 Å². The molecule has 10 heavy (non-hydrogen) atoms. The molecular weight excluding hydrogens is 152 g/mol. The molecule has 0 fully saturated rings. The fraction of sp³-hybridized carbons (Fsp3) is 0.400. The third-order valence-electron chi connectivity index (χ3n) is 1.27. The summed E-state index contributed by atoms with van der Waals surface area (Å²) in [6, 6.07) is 0. The summed E-state index contributed by atoms with van der Waals surface area (Å²) in [7, 11) is 1.78. The SMILES string of the molecule is Cc1nc(S(=O)O)cn1C. The maximum Gasteiger partial charge on any atom is 0.207 e. The summed E-state index contributed by atoms with van der Waals surface area (Å²) in [6.07, 6.45) is 1.53. The molecular formula is C5H8N2O2S. The minimum Gasteiger partial charge on any atom is -0.337 e. The number of rotatable bonds is 1. The number of aromatic nitrogens is 2. The summed E-state index contributed by atoms with van der Waals surface area (Å²) >= 11 is -1.95. The highest BCUT2D eigenvalue weighted by Gasteiger charge is 2.04.